The molecule has 0 saturated heterocycles. The van der Waals surface area contributed by atoms with E-state index in [4.69, 9.17) is 4.74 Å². The van der Waals surface area contributed by atoms with Crippen LogP contribution in [0.2, 0.25) is 0 Å². The molecule has 1 aromatic carbocycles. The van der Waals surface area contributed by atoms with Gasteiger partial charge in [-0.1, -0.05) is 31.9 Å². The van der Waals surface area contributed by atoms with Crippen LogP contribution in [-0.4, -0.2) is 22.3 Å². The Balaban J connectivity index is 3.25. The van der Waals surface area contributed by atoms with Crippen LogP contribution in [-0.2, 0) is 6.61 Å². The molecule has 1 N–H and O–H groups in total. The highest BCUT2D eigenvalue weighted by Gasteiger charge is 2.15. The number of ether oxygens (including phenoxy) is 1. The number of halogens is 2. The Hall–Kier alpha value is -0.390. The maximum Gasteiger partial charge on any atom is 0.177 e. The van der Waals surface area contributed by atoms with E-state index in [-0.39, 0.29) is 23.8 Å². The molecule has 0 bridgehead atoms. The molecule has 0 atom stereocenters. The van der Waals surface area contributed by atoms with E-state index < -0.39 is 0 Å². The number of rotatable bonds is 5. The normalized spacial score (nSPS) is 10.7. The molecule has 0 unspecified atom stereocenters. The van der Waals surface area contributed by atoms with Crippen molar-refractivity contribution in [2.75, 3.05) is 5.33 Å². The first kappa shape index (κ1) is 14.7. The van der Waals surface area contributed by atoms with E-state index in [1.165, 1.54) is 0 Å². The zero-order valence-electron chi connectivity index (χ0n) is 9.67. The summed E-state index contributed by atoms with van der Waals surface area (Å²) in [4.78, 5) is 11.8. The van der Waals surface area contributed by atoms with Crippen molar-refractivity contribution < 1.29 is 14.6 Å². The van der Waals surface area contributed by atoms with Gasteiger partial charge in [-0.3, -0.25) is 4.79 Å². The Bertz CT molecular complexity index is 416. The molecule has 94 valence electrons. The van der Waals surface area contributed by atoms with Gasteiger partial charge in [0.1, 0.15) is 5.75 Å². The second-order valence-electron chi connectivity index (χ2n) is 3.82. The Labute approximate surface area is 117 Å². The third kappa shape index (κ3) is 3.79. The number of benzene rings is 1. The molecule has 0 aromatic heterocycles. The number of carbonyl (C=O) groups excluding carboxylic acids is 1. The average Bonchev–Trinajstić information content (AvgIpc) is 2.29. The molecule has 0 radical (unpaired) electrons. The van der Waals surface area contributed by atoms with Gasteiger partial charge in [0.2, 0.25) is 0 Å². The Morgan fingerprint density at radius 1 is 1.47 bits per heavy atom. The monoisotopic (exact) mass is 364 g/mol. The maximum absolute atomic E-state index is 11.8. The molecular weight excluding hydrogens is 352 g/mol. The molecule has 0 fully saturated rings. The molecule has 3 nitrogen and oxygen atoms in total. The van der Waals surface area contributed by atoms with Crippen LogP contribution in [0.1, 0.15) is 29.8 Å². The van der Waals surface area contributed by atoms with Gasteiger partial charge in [0.25, 0.3) is 0 Å². The van der Waals surface area contributed by atoms with E-state index in [1.807, 2.05) is 13.8 Å². The largest absolute Gasteiger partial charge is 0.490 e. The standard InChI is InChI=1S/C12H14Br2O3/c1-7(2)17-12-3-8(6-15)10(14)4-9(12)11(16)5-13/h3-4,7,15H,5-6H2,1-2H3. The zero-order valence-corrected chi connectivity index (χ0v) is 12.8. The van der Waals surface area contributed by atoms with Gasteiger partial charge in [-0.2, -0.15) is 0 Å². The predicted octanol–water partition coefficient (Wildman–Crippen LogP) is 3.31. The summed E-state index contributed by atoms with van der Waals surface area (Å²) in [5.41, 5.74) is 1.21. The highest BCUT2D eigenvalue weighted by atomic mass is 79.9. The number of aliphatic hydroxyl groups excluding tert-OH is 1. The highest BCUT2D eigenvalue weighted by Crippen LogP contribution is 2.29. The van der Waals surface area contributed by atoms with Crippen LogP contribution >= 0.6 is 31.9 Å². The second-order valence-corrected chi connectivity index (χ2v) is 5.24. The van der Waals surface area contributed by atoms with Crippen molar-refractivity contribution in [3.8, 4) is 5.75 Å². The summed E-state index contributed by atoms with van der Waals surface area (Å²) < 4.78 is 6.30. The lowest BCUT2D eigenvalue weighted by atomic mass is 10.1. The number of ketones is 1. The van der Waals surface area contributed by atoms with Gasteiger partial charge in [0.15, 0.2) is 5.78 Å². The minimum atomic E-state index is -0.0994. The SMILES string of the molecule is CC(C)Oc1cc(CO)c(Br)cc1C(=O)CBr. The van der Waals surface area contributed by atoms with Crippen molar-refractivity contribution in [2.24, 2.45) is 0 Å². The summed E-state index contributed by atoms with van der Waals surface area (Å²) in [5.74, 6) is 0.461. The zero-order chi connectivity index (χ0) is 13.0. The van der Waals surface area contributed by atoms with Crippen LogP contribution in [0.5, 0.6) is 5.75 Å². The summed E-state index contributed by atoms with van der Waals surface area (Å²) >= 11 is 6.46. The van der Waals surface area contributed by atoms with Crippen LogP contribution in [0.4, 0.5) is 0 Å². The quantitative estimate of drug-likeness (QED) is 0.643. The fourth-order valence-corrected chi connectivity index (χ4v) is 2.13. The topological polar surface area (TPSA) is 46.5 Å². The third-order valence-corrected chi connectivity index (χ3v) is 3.35. The first-order valence-electron chi connectivity index (χ1n) is 5.18. The van der Waals surface area contributed by atoms with Gasteiger partial charge < -0.3 is 9.84 Å². The molecule has 1 rings (SSSR count). The molecule has 17 heavy (non-hydrogen) atoms. The van der Waals surface area contributed by atoms with E-state index in [0.717, 1.165) is 0 Å². The van der Waals surface area contributed by atoms with Gasteiger partial charge in [-0.25, -0.2) is 0 Å². The lowest BCUT2D eigenvalue weighted by Gasteiger charge is -2.15. The maximum atomic E-state index is 11.8. The van der Waals surface area contributed by atoms with Gasteiger partial charge in [0.05, 0.1) is 23.6 Å². The Kier molecular flexibility index (Phi) is 5.62. The number of alkyl halides is 1. The molecule has 1 aromatic rings. The fraction of sp³-hybridized carbons (Fsp3) is 0.417. The predicted molar refractivity (Wildman–Crippen MR) is 74.0 cm³/mol. The second kappa shape index (κ2) is 6.52. The Morgan fingerprint density at radius 2 is 2.12 bits per heavy atom. The van der Waals surface area contributed by atoms with E-state index in [9.17, 15) is 9.90 Å². The highest BCUT2D eigenvalue weighted by molar-refractivity contribution is 9.10. The smallest absolute Gasteiger partial charge is 0.177 e. The number of aliphatic hydroxyl groups is 1. The first-order valence-corrected chi connectivity index (χ1v) is 7.10. The van der Waals surface area contributed by atoms with E-state index in [1.54, 1.807) is 12.1 Å². The summed E-state index contributed by atoms with van der Waals surface area (Å²) in [7, 11) is 0. The first-order chi connectivity index (χ1) is 7.99. The molecule has 0 spiro atoms. The van der Waals surface area contributed by atoms with Crippen molar-refractivity contribution in [1.29, 1.82) is 0 Å². The number of hydrogen-bond donors (Lipinski definition) is 1. The van der Waals surface area contributed by atoms with Crippen molar-refractivity contribution in [2.45, 2.75) is 26.6 Å². The molecule has 0 aliphatic carbocycles. The van der Waals surface area contributed by atoms with Crippen LogP contribution in [0.3, 0.4) is 0 Å². The number of carbonyl (C=O) groups is 1. The van der Waals surface area contributed by atoms with Gasteiger partial charge in [0, 0.05) is 4.47 Å². The van der Waals surface area contributed by atoms with Crippen LogP contribution in [0.25, 0.3) is 0 Å². The van der Waals surface area contributed by atoms with E-state index in [2.05, 4.69) is 31.9 Å². The van der Waals surface area contributed by atoms with Gasteiger partial charge >= 0.3 is 0 Å². The minimum absolute atomic E-state index is 0.0235. The molecule has 5 heteroatoms. The molecular formula is C12H14Br2O3. The molecule has 0 amide bonds. The summed E-state index contributed by atoms with van der Waals surface area (Å²) in [6.07, 6.45) is -0.0235. The van der Waals surface area contributed by atoms with Crippen LogP contribution in [0.15, 0.2) is 16.6 Å². The van der Waals surface area contributed by atoms with Crippen molar-refractivity contribution >= 4 is 37.6 Å². The fourth-order valence-electron chi connectivity index (χ4n) is 1.36. The van der Waals surface area contributed by atoms with Crippen molar-refractivity contribution in [3.63, 3.8) is 0 Å². The lowest BCUT2D eigenvalue weighted by molar-refractivity contribution is 0.101. The molecule has 0 aliphatic rings. The van der Waals surface area contributed by atoms with Crippen LogP contribution < -0.4 is 4.74 Å². The minimum Gasteiger partial charge on any atom is -0.490 e. The summed E-state index contributed by atoms with van der Waals surface area (Å²) in [6.45, 7) is 3.68. The average molecular weight is 366 g/mol. The van der Waals surface area contributed by atoms with E-state index >= 15 is 0 Å². The van der Waals surface area contributed by atoms with Crippen molar-refractivity contribution in [1.82, 2.24) is 0 Å². The third-order valence-electron chi connectivity index (χ3n) is 2.10. The summed E-state index contributed by atoms with van der Waals surface area (Å²) in [6, 6.07) is 3.38. The summed E-state index contributed by atoms with van der Waals surface area (Å²) in [5, 5.41) is 9.43. The van der Waals surface area contributed by atoms with Crippen LogP contribution in [0, 0.1) is 0 Å². The van der Waals surface area contributed by atoms with Gasteiger partial charge in [-0.05, 0) is 31.5 Å². The lowest BCUT2D eigenvalue weighted by Crippen LogP contribution is -2.11. The number of Topliss-reactive ketones (excluding diaryl/α,β-unsaturated/α-hetero) is 1. The Morgan fingerprint density at radius 3 is 2.59 bits per heavy atom. The molecule has 0 aliphatic heterocycles. The van der Waals surface area contributed by atoms with Gasteiger partial charge in [-0.15, -0.1) is 0 Å². The molecule has 0 saturated carbocycles. The van der Waals surface area contributed by atoms with E-state index in [0.29, 0.717) is 21.3 Å². The molecule has 0 heterocycles. The number of hydrogen-bond acceptors (Lipinski definition) is 3. The van der Waals surface area contributed by atoms with Crippen molar-refractivity contribution in [3.05, 3.63) is 27.7 Å².